The summed E-state index contributed by atoms with van der Waals surface area (Å²) in [6.45, 7) is 11.0. The largest absolute Gasteiger partial charge is 0.505 e. The summed E-state index contributed by atoms with van der Waals surface area (Å²) in [6.07, 6.45) is 1.04. The maximum atomic E-state index is 12.3. The highest BCUT2D eigenvalue weighted by Gasteiger charge is 2.23. The molecule has 1 aromatic heterocycles. The van der Waals surface area contributed by atoms with E-state index in [0.29, 0.717) is 12.1 Å². The van der Waals surface area contributed by atoms with Gasteiger partial charge in [-0.2, -0.15) is 0 Å². The van der Waals surface area contributed by atoms with Gasteiger partial charge in [-0.15, -0.1) is 5.10 Å². The molecule has 3 aromatic rings. The number of aromatic nitrogens is 3. The molecule has 0 saturated heterocycles. The van der Waals surface area contributed by atoms with Crippen molar-refractivity contribution in [1.29, 1.82) is 0 Å². The van der Waals surface area contributed by atoms with Crippen molar-refractivity contribution in [2.75, 3.05) is 6.61 Å². The van der Waals surface area contributed by atoms with E-state index in [0.717, 1.165) is 28.2 Å². The summed E-state index contributed by atoms with van der Waals surface area (Å²) in [4.78, 5) is 23.5. The van der Waals surface area contributed by atoms with Crippen LogP contribution in [0.25, 0.3) is 16.7 Å². The molecule has 33 heavy (non-hydrogen) atoms. The van der Waals surface area contributed by atoms with Gasteiger partial charge in [0.15, 0.2) is 0 Å². The van der Waals surface area contributed by atoms with Crippen molar-refractivity contribution in [3.05, 3.63) is 60.2 Å². The lowest BCUT2D eigenvalue weighted by Crippen LogP contribution is -2.21. The van der Waals surface area contributed by atoms with Crippen molar-refractivity contribution >= 4 is 23.0 Å². The Balaban J connectivity index is 1.81. The molecule has 174 valence electrons. The monoisotopic (exact) mass is 451 g/mol. The molecule has 0 bridgehead atoms. The third-order valence-corrected chi connectivity index (χ3v) is 5.12. The zero-order valence-electron chi connectivity index (χ0n) is 19.4. The van der Waals surface area contributed by atoms with E-state index >= 15 is 0 Å². The first-order valence-electron chi connectivity index (χ1n) is 10.8. The van der Waals surface area contributed by atoms with Crippen LogP contribution in [0, 0.1) is 0 Å². The van der Waals surface area contributed by atoms with Crippen LogP contribution in [0.15, 0.2) is 49.1 Å². The smallest absolute Gasteiger partial charge is 0.330 e. The predicted molar refractivity (Wildman–Crippen MR) is 124 cm³/mol. The first-order chi connectivity index (χ1) is 15.6. The minimum Gasteiger partial charge on any atom is -0.505 e. The zero-order chi connectivity index (χ0) is 24.2. The van der Waals surface area contributed by atoms with Gasteiger partial charge in [-0.1, -0.05) is 50.8 Å². The number of phenolic OH excluding ortho intramolecular Hbond substituents is 1. The van der Waals surface area contributed by atoms with E-state index in [-0.39, 0.29) is 24.2 Å². The molecule has 1 atom stereocenters. The fourth-order valence-corrected chi connectivity index (χ4v) is 3.41. The van der Waals surface area contributed by atoms with E-state index in [2.05, 4.69) is 16.9 Å². The van der Waals surface area contributed by atoms with E-state index in [9.17, 15) is 14.7 Å². The van der Waals surface area contributed by atoms with Gasteiger partial charge in [0.25, 0.3) is 0 Å². The molecular weight excluding hydrogens is 422 g/mol. The molecule has 0 fully saturated rings. The number of benzene rings is 2. The second-order valence-electron chi connectivity index (χ2n) is 8.89. The third kappa shape index (κ3) is 5.77. The van der Waals surface area contributed by atoms with Crippen LogP contribution in [0.3, 0.4) is 0 Å². The molecule has 1 N–H and O–H groups in total. The Hall–Kier alpha value is -3.68. The number of ether oxygens (including phenoxy) is 2. The lowest BCUT2D eigenvalue weighted by molar-refractivity contribution is -0.154. The van der Waals surface area contributed by atoms with Gasteiger partial charge < -0.3 is 14.6 Å². The summed E-state index contributed by atoms with van der Waals surface area (Å²) in [7, 11) is 0. The Morgan fingerprint density at radius 2 is 1.97 bits per heavy atom. The molecule has 0 amide bonds. The number of aryl methyl sites for hydroxylation is 1. The summed E-state index contributed by atoms with van der Waals surface area (Å²) in [5.41, 5.74) is 3.26. The van der Waals surface area contributed by atoms with Crippen LogP contribution < -0.4 is 0 Å². The second kappa shape index (κ2) is 9.85. The highest BCUT2D eigenvalue weighted by molar-refractivity contribution is 5.81. The number of carbonyl (C=O) groups excluding carboxylic acids is 2. The predicted octanol–water partition coefficient (Wildman–Crippen LogP) is 4.02. The number of fused-ring (bicyclic) bond motifs is 1. The van der Waals surface area contributed by atoms with Crippen molar-refractivity contribution < 1.29 is 24.2 Å². The maximum absolute atomic E-state index is 12.3. The van der Waals surface area contributed by atoms with Gasteiger partial charge in [0.1, 0.15) is 29.7 Å². The number of nitrogens with zero attached hydrogens (tertiary/aromatic N) is 3. The fraction of sp³-hybridized carbons (Fsp3) is 0.360. The molecule has 1 unspecified atom stereocenters. The van der Waals surface area contributed by atoms with Crippen molar-refractivity contribution in [2.24, 2.45) is 0 Å². The van der Waals surface area contributed by atoms with Crippen LogP contribution >= 0.6 is 0 Å². The molecular formula is C25H29N3O5. The van der Waals surface area contributed by atoms with Gasteiger partial charge in [-0.3, -0.25) is 4.79 Å². The number of hydrogen-bond donors (Lipinski definition) is 1. The molecule has 0 aliphatic carbocycles. The first-order valence-corrected chi connectivity index (χ1v) is 10.8. The standard InChI is InChI=1S/C25H29N3O5/c1-6-22(29)33-16(2)15-32-23(30)12-11-17-13-18(25(3,4)5)24(31)21(14-17)28-20-10-8-7-9-19(20)26-27-28/h6-10,13-14,16,31H,1,11-12,15H2,2-5H3. The highest BCUT2D eigenvalue weighted by Crippen LogP contribution is 2.37. The maximum Gasteiger partial charge on any atom is 0.330 e. The summed E-state index contributed by atoms with van der Waals surface area (Å²) in [5, 5.41) is 19.5. The molecule has 3 rings (SSSR count). The van der Waals surface area contributed by atoms with Crippen molar-refractivity contribution in [1.82, 2.24) is 15.0 Å². The topological polar surface area (TPSA) is 104 Å². The number of carbonyl (C=O) groups is 2. The number of rotatable bonds is 8. The Labute approximate surface area is 192 Å². The average Bonchev–Trinajstić information content (AvgIpc) is 3.20. The van der Waals surface area contributed by atoms with Gasteiger partial charge in [0, 0.05) is 18.1 Å². The lowest BCUT2D eigenvalue weighted by atomic mass is 9.84. The van der Waals surface area contributed by atoms with Crippen molar-refractivity contribution in [2.45, 2.75) is 52.1 Å². The SMILES string of the molecule is C=CC(=O)OC(C)COC(=O)CCc1cc(-n2nnc3ccccc32)c(O)c(C(C)(C)C)c1. The molecule has 2 aromatic carbocycles. The van der Waals surface area contributed by atoms with Gasteiger partial charge in [0.05, 0.1) is 5.52 Å². The average molecular weight is 452 g/mol. The molecule has 0 spiro atoms. The Bertz CT molecular complexity index is 1180. The summed E-state index contributed by atoms with van der Waals surface area (Å²) < 4.78 is 11.8. The molecule has 0 radical (unpaired) electrons. The Morgan fingerprint density at radius 3 is 2.67 bits per heavy atom. The molecule has 1 heterocycles. The van der Waals surface area contributed by atoms with E-state index < -0.39 is 18.0 Å². The van der Waals surface area contributed by atoms with Gasteiger partial charge in [0.2, 0.25) is 0 Å². The molecule has 0 aliphatic rings. The van der Waals surface area contributed by atoms with Gasteiger partial charge in [-0.05, 0) is 42.5 Å². The number of para-hydroxylation sites is 1. The van der Waals surface area contributed by atoms with Crippen LogP contribution in [0.2, 0.25) is 0 Å². The number of aromatic hydroxyl groups is 1. The van der Waals surface area contributed by atoms with Crippen molar-refractivity contribution in [3.8, 4) is 11.4 Å². The van der Waals surface area contributed by atoms with Crippen LogP contribution in [0.1, 0.15) is 45.2 Å². The Kier molecular flexibility index (Phi) is 7.16. The van der Waals surface area contributed by atoms with Crippen LogP contribution in [0.5, 0.6) is 5.75 Å². The minimum absolute atomic E-state index is 0.0303. The number of esters is 2. The molecule has 0 aliphatic heterocycles. The van der Waals surface area contributed by atoms with Gasteiger partial charge >= 0.3 is 11.9 Å². The van der Waals surface area contributed by atoms with E-state index in [1.807, 2.05) is 57.2 Å². The third-order valence-electron chi connectivity index (χ3n) is 5.12. The van der Waals surface area contributed by atoms with E-state index in [1.54, 1.807) is 11.6 Å². The van der Waals surface area contributed by atoms with Crippen molar-refractivity contribution in [3.63, 3.8) is 0 Å². The number of phenols is 1. The second-order valence-corrected chi connectivity index (χ2v) is 8.89. The number of hydrogen-bond acceptors (Lipinski definition) is 7. The van der Waals surface area contributed by atoms with E-state index in [1.165, 1.54) is 0 Å². The zero-order valence-corrected chi connectivity index (χ0v) is 19.4. The molecule has 8 nitrogen and oxygen atoms in total. The fourth-order valence-electron chi connectivity index (χ4n) is 3.41. The van der Waals surface area contributed by atoms with Crippen LogP contribution in [0.4, 0.5) is 0 Å². The molecule has 0 saturated carbocycles. The first kappa shape index (κ1) is 24.0. The quantitative estimate of drug-likeness (QED) is 0.407. The molecule has 8 heteroatoms. The van der Waals surface area contributed by atoms with Crippen LogP contribution in [-0.2, 0) is 30.9 Å². The normalized spacial score (nSPS) is 12.4. The van der Waals surface area contributed by atoms with E-state index in [4.69, 9.17) is 9.47 Å². The van der Waals surface area contributed by atoms with Gasteiger partial charge in [-0.25, -0.2) is 9.48 Å². The van der Waals surface area contributed by atoms with Crippen LogP contribution in [-0.4, -0.2) is 44.7 Å². The summed E-state index contributed by atoms with van der Waals surface area (Å²) in [5.74, 6) is -0.845. The lowest BCUT2D eigenvalue weighted by Gasteiger charge is -2.23. The Morgan fingerprint density at radius 1 is 1.24 bits per heavy atom. The summed E-state index contributed by atoms with van der Waals surface area (Å²) in [6, 6.07) is 11.2. The highest BCUT2D eigenvalue weighted by atomic mass is 16.6. The summed E-state index contributed by atoms with van der Waals surface area (Å²) >= 11 is 0. The minimum atomic E-state index is -0.564.